The predicted octanol–water partition coefficient (Wildman–Crippen LogP) is 4.37. The Morgan fingerprint density at radius 3 is 2.44 bits per heavy atom. The Labute approximate surface area is 152 Å². The second kappa shape index (κ2) is 7.80. The molecule has 1 heterocycles. The van der Waals surface area contributed by atoms with Crippen LogP contribution in [0.15, 0.2) is 40.2 Å². The summed E-state index contributed by atoms with van der Waals surface area (Å²) in [6.07, 6.45) is -3.09. The van der Waals surface area contributed by atoms with Crippen molar-refractivity contribution in [2.24, 2.45) is 7.05 Å². The second-order valence-electron chi connectivity index (χ2n) is 5.38. The number of hydrogen-bond donors (Lipinski definition) is 0. The van der Waals surface area contributed by atoms with E-state index in [9.17, 15) is 18.0 Å². The molecule has 136 valence electrons. The first-order valence-corrected chi connectivity index (χ1v) is 8.60. The zero-order chi connectivity index (χ0) is 18.8. The van der Waals surface area contributed by atoms with E-state index < -0.39 is 12.2 Å². The first-order chi connectivity index (χ1) is 11.6. The van der Waals surface area contributed by atoms with E-state index in [1.165, 1.54) is 41.8 Å². The fourth-order valence-electron chi connectivity index (χ4n) is 2.32. The van der Waals surface area contributed by atoms with Gasteiger partial charge < -0.3 is 0 Å². The van der Waals surface area contributed by atoms with Gasteiger partial charge in [-0.25, -0.2) is 8.99 Å². The zero-order valence-electron chi connectivity index (χ0n) is 13.8. The van der Waals surface area contributed by atoms with Crippen molar-refractivity contribution in [2.75, 3.05) is 6.54 Å². The largest absolute Gasteiger partial charge is 0.408 e. The summed E-state index contributed by atoms with van der Waals surface area (Å²) in [7, 11) is 1.49. The van der Waals surface area contributed by atoms with E-state index in [1.54, 1.807) is 13.8 Å². The first kappa shape index (κ1) is 19.8. The minimum atomic E-state index is -4.49. The maximum absolute atomic E-state index is 13.7. The van der Waals surface area contributed by atoms with Crippen LogP contribution in [0.2, 0.25) is 5.02 Å². The van der Waals surface area contributed by atoms with Crippen molar-refractivity contribution in [1.29, 1.82) is 0 Å². The number of rotatable bonds is 5. The van der Waals surface area contributed by atoms with Gasteiger partial charge in [-0.2, -0.15) is 18.3 Å². The fraction of sp³-hybridized carbons (Fsp3) is 0.375. The highest BCUT2D eigenvalue weighted by Crippen LogP contribution is 2.43. The number of benzene rings is 1. The van der Waals surface area contributed by atoms with Gasteiger partial charge in [0.1, 0.15) is 6.04 Å². The average molecular weight is 392 g/mol. The summed E-state index contributed by atoms with van der Waals surface area (Å²) in [6.45, 7) is 3.32. The number of aromatic nitrogens is 2. The molecule has 0 aliphatic carbocycles. The topological polar surface area (TPSA) is 38.1 Å². The van der Waals surface area contributed by atoms with Crippen LogP contribution in [-0.2, 0) is 7.05 Å². The molecular weight excluding hydrogens is 375 g/mol. The van der Waals surface area contributed by atoms with Crippen molar-refractivity contribution in [3.63, 3.8) is 0 Å². The van der Waals surface area contributed by atoms with Crippen LogP contribution in [0.1, 0.15) is 24.1 Å². The summed E-state index contributed by atoms with van der Waals surface area (Å²) >= 11 is 6.66. The molecule has 0 fully saturated rings. The summed E-state index contributed by atoms with van der Waals surface area (Å²) in [5.41, 5.74) is 0.106. The van der Waals surface area contributed by atoms with E-state index in [4.69, 9.17) is 11.6 Å². The van der Waals surface area contributed by atoms with Crippen LogP contribution in [0.25, 0.3) is 0 Å². The Hall–Kier alpha value is -1.51. The molecule has 0 radical (unpaired) electrons. The van der Waals surface area contributed by atoms with Crippen LogP contribution < -0.4 is 5.56 Å². The molecule has 0 bridgehead atoms. The van der Waals surface area contributed by atoms with Crippen molar-refractivity contribution in [3.05, 3.63) is 57.0 Å². The van der Waals surface area contributed by atoms with Crippen molar-refractivity contribution >= 4 is 23.5 Å². The van der Waals surface area contributed by atoms with E-state index in [2.05, 4.69) is 5.10 Å². The minimum Gasteiger partial charge on any atom is -0.267 e. The number of halogens is 4. The molecule has 0 spiro atoms. The molecule has 1 aromatic carbocycles. The Morgan fingerprint density at radius 1 is 1.32 bits per heavy atom. The molecule has 9 heteroatoms. The van der Waals surface area contributed by atoms with Crippen LogP contribution >= 0.6 is 23.5 Å². The lowest BCUT2D eigenvalue weighted by Gasteiger charge is -2.31. The summed E-state index contributed by atoms with van der Waals surface area (Å²) < 4.78 is 43.5. The van der Waals surface area contributed by atoms with E-state index in [-0.39, 0.29) is 17.7 Å². The van der Waals surface area contributed by atoms with Crippen LogP contribution in [0.3, 0.4) is 0 Å². The van der Waals surface area contributed by atoms with Gasteiger partial charge in [-0.05, 0) is 36.6 Å². The number of aryl methyl sites for hydroxylation is 1. The van der Waals surface area contributed by atoms with E-state index in [1.807, 2.05) is 0 Å². The quantitative estimate of drug-likeness (QED) is 0.709. The van der Waals surface area contributed by atoms with Gasteiger partial charge in [-0.15, -0.1) is 0 Å². The molecule has 0 saturated heterocycles. The van der Waals surface area contributed by atoms with Gasteiger partial charge in [0.25, 0.3) is 5.56 Å². The summed E-state index contributed by atoms with van der Waals surface area (Å²) in [5, 5.41) is 4.26. The van der Waals surface area contributed by atoms with E-state index in [0.717, 1.165) is 16.6 Å². The monoisotopic (exact) mass is 391 g/mol. The standard InChI is InChI=1S/C16H17ClF3N3OS/c1-4-23(25-13-9-21-22(3)15(24)10(13)2)14(16(18,19)20)11-5-7-12(17)8-6-11/h5-9,14H,4H2,1-3H3/t14-/m1/s1. The maximum atomic E-state index is 13.7. The lowest BCUT2D eigenvalue weighted by atomic mass is 10.1. The van der Waals surface area contributed by atoms with E-state index in [0.29, 0.717) is 15.5 Å². The Bertz CT molecular complexity index is 793. The third kappa shape index (κ3) is 4.56. The summed E-state index contributed by atoms with van der Waals surface area (Å²) in [6, 6.07) is 3.75. The lowest BCUT2D eigenvalue weighted by Crippen LogP contribution is -2.34. The van der Waals surface area contributed by atoms with Gasteiger partial charge >= 0.3 is 6.18 Å². The maximum Gasteiger partial charge on any atom is 0.408 e. The van der Waals surface area contributed by atoms with E-state index >= 15 is 0 Å². The first-order valence-electron chi connectivity index (χ1n) is 7.44. The molecule has 25 heavy (non-hydrogen) atoms. The SMILES string of the molecule is CCN(Sc1cnn(C)c(=O)c1C)[C@H](c1ccc(Cl)cc1)C(F)(F)F. The second-order valence-corrected chi connectivity index (χ2v) is 6.91. The Balaban J connectivity index is 2.42. The molecule has 0 N–H and O–H groups in total. The number of alkyl halides is 3. The number of nitrogens with zero attached hydrogens (tertiary/aromatic N) is 3. The number of hydrogen-bond acceptors (Lipinski definition) is 4. The van der Waals surface area contributed by atoms with Crippen molar-refractivity contribution < 1.29 is 13.2 Å². The summed E-state index contributed by atoms with van der Waals surface area (Å²) in [5.74, 6) is 0. The third-order valence-corrected chi connectivity index (χ3v) is 5.21. The van der Waals surface area contributed by atoms with Gasteiger partial charge in [0.05, 0.1) is 11.1 Å². The van der Waals surface area contributed by atoms with Crippen molar-refractivity contribution in [2.45, 2.75) is 31.0 Å². The molecule has 4 nitrogen and oxygen atoms in total. The Kier molecular flexibility index (Phi) is 6.18. The van der Waals surface area contributed by atoms with Crippen LogP contribution in [0.4, 0.5) is 13.2 Å². The molecular formula is C16H17ClF3N3OS. The zero-order valence-corrected chi connectivity index (χ0v) is 15.4. The van der Waals surface area contributed by atoms with Gasteiger partial charge in [0.15, 0.2) is 0 Å². The molecule has 0 aliphatic heterocycles. The molecule has 0 saturated carbocycles. The van der Waals surface area contributed by atoms with Crippen LogP contribution in [0, 0.1) is 6.92 Å². The molecule has 2 rings (SSSR count). The molecule has 1 aromatic heterocycles. The average Bonchev–Trinajstić information content (AvgIpc) is 2.55. The predicted molar refractivity (Wildman–Crippen MR) is 92.7 cm³/mol. The highest BCUT2D eigenvalue weighted by atomic mass is 35.5. The third-order valence-electron chi connectivity index (χ3n) is 3.64. The normalized spacial score (nSPS) is 13.3. The van der Waals surface area contributed by atoms with Gasteiger partial charge in [-0.1, -0.05) is 30.7 Å². The van der Waals surface area contributed by atoms with Crippen LogP contribution in [0.5, 0.6) is 0 Å². The lowest BCUT2D eigenvalue weighted by molar-refractivity contribution is -0.172. The molecule has 0 aliphatic rings. The van der Waals surface area contributed by atoms with Crippen molar-refractivity contribution in [3.8, 4) is 0 Å². The molecule has 0 unspecified atom stereocenters. The summed E-state index contributed by atoms with van der Waals surface area (Å²) in [4.78, 5) is 12.4. The smallest absolute Gasteiger partial charge is 0.267 e. The fourth-order valence-corrected chi connectivity index (χ4v) is 3.49. The molecule has 2 aromatic rings. The molecule has 0 amide bonds. The molecule has 1 atom stereocenters. The van der Waals surface area contributed by atoms with Crippen molar-refractivity contribution in [1.82, 2.24) is 14.1 Å². The van der Waals surface area contributed by atoms with Crippen LogP contribution in [-0.4, -0.2) is 26.8 Å². The van der Waals surface area contributed by atoms with Gasteiger partial charge in [0.2, 0.25) is 0 Å². The van der Waals surface area contributed by atoms with Gasteiger partial charge in [-0.3, -0.25) is 4.79 Å². The Morgan fingerprint density at radius 2 is 1.92 bits per heavy atom. The van der Waals surface area contributed by atoms with Gasteiger partial charge in [0, 0.05) is 24.2 Å². The minimum absolute atomic E-state index is 0.0840. The highest BCUT2D eigenvalue weighted by molar-refractivity contribution is 7.97. The highest BCUT2D eigenvalue weighted by Gasteiger charge is 2.45.